The van der Waals surface area contributed by atoms with Crippen molar-refractivity contribution < 1.29 is 22.7 Å². The van der Waals surface area contributed by atoms with Gasteiger partial charge in [-0.2, -0.15) is 13.2 Å². The minimum Gasteiger partial charge on any atom is -0.444 e. The van der Waals surface area contributed by atoms with Gasteiger partial charge in [-0.15, -0.1) is 0 Å². The number of fused-ring (bicyclic) bond motifs is 1. The number of nitrogens with one attached hydrogen (secondary N) is 3. The Kier molecular flexibility index (Phi) is 6.99. The van der Waals surface area contributed by atoms with Crippen LogP contribution in [0.2, 0.25) is 0 Å². The molecule has 0 radical (unpaired) electrons. The highest BCUT2D eigenvalue weighted by Gasteiger charge is 2.36. The third-order valence-corrected chi connectivity index (χ3v) is 6.40. The standard InChI is InChI=1S/C24H27BrF3N5O2/c1-23(2,3)35-22(34)32-14-7-4-6-13(10-14)31-21-30-12-17(24(26,27)28)19(33-21)16-11-29-20-15(16)8-5-9-18(20)25/h5,8-9,11-14,29H,4,6-7,10H2,1-3H3,(H,32,34)(H,30,31,33)/t13-,14-/m0/s1. The second-order valence-electron chi connectivity index (χ2n) is 9.67. The predicted octanol–water partition coefficient (Wildman–Crippen LogP) is 6.65. The normalized spacial score (nSPS) is 18.9. The Morgan fingerprint density at radius 3 is 2.66 bits per heavy atom. The van der Waals surface area contributed by atoms with Gasteiger partial charge in [-0.1, -0.05) is 12.1 Å². The number of benzene rings is 1. The summed E-state index contributed by atoms with van der Waals surface area (Å²) in [5, 5.41) is 6.67. The van der Waals surface area contributed by atoms with E-state index in [1.807, 2.05) is 6.07 Å². The molecule has 1 aliphatic carbocycles. The fraction of sp³-hybridized carbons (Fsp3) is 0.458. The summed E-state index contributed by atoms with van der Waals surface area (Å²) in [5.74, 6) is 0.111. The topological polar surface area (TPSA) is 91.9 Å². The van der Waals surface area contributed by atoms with Crippen molar-refractivity contribution >= 4 is 38.9 Å². The molecule has 1 saturated carbocycles. The largest absolute Gasteiger partial charge is 0.444 e. The highest BCUT2D eigenvalue weighted by Crippen LogP contribution is 2.39. The maximum absolute atomic E-state index is 13.8. The van der Waals surface area contributed by atoms with Gasteiger partial charge in [-0.3, -0.25) is 0 Å². The zero-order valence-corrected chi connectivity index (χ0v) is 21.2. The van der Waals surface area contributed by atoms with Gasteiger partial charge in [-0.05, 0) is 68.5 Å². The lowest BCUT2D eigenvalue weighted by Crippen LogP contribution is -2.44. The summed E-state index contributed by atoms with van der Waals surface area (Å²) in [6.07, 6.45) is 0.241. The number of alkyl carbamates (subject to hydrolysis) is 1. The van der Waals surface area contributed by atoms with Gasteiger partial charge in [0.05, 0.1) is 11.2 Å². The van der Waals surface area contributed by atoms with Crippen molar-refractivity contribution in [2.75, 3.05) is 5.32 Å². The Balaban J connectivity index is 1.57. The number of para-hydroxylation sites is 1. The molecule has 0 spiro atoms. The predicted molar refractivity (Wildman–Crippen MR) is 131 cm³/mol. The zero-order valence-electron chi connectivity index (χ0n) is 19.6. The van der Waals surface area contributed by atoms with Crippen molar-refractivity contribution in [1.82, 2.24) is 20.3 Å². The molecular formula is C24H27BrF3N5O2. The highest BCUT2D eigenvalue weighted by molar-refractivity contribution is 9.10. The average molecular weight is 554 g/mol. The molecule has 4 rings (SSSR count). The Hall–Kier alpha value is -2.82. The average Bonchev–Trinajstić information content (AvgIpc) is 3.17. The molecule has 35 heavy (non-hydrogen) atoms. The van der Waals surface area contributed by atoms with Crippen LogP contribution in [0.5, 0.6) is 0 Å². The molecule has 11 heteroatoms. The molecular weight excluding hydrogens is 527 g/mol. The molecule has 1 fully saturated rings. The van der Waals surface area contributed by atoms with E-state index in [9.17, 15) is 18.0 Å². The maximum Gasteiger partial charge on any atom is 0.419 e. The van der Waals surface area contributed by atoms with Crippen LogP contribution in [-0.2, 0) is 10.9 Å². The van der Waals surface area contributed by atoms with Gasteiger partial charge in [-0.25, -0.2) is 14.8 Å². The molecule has 2 aromatic heterocycles. The van der Waals surface area contributed by atoms with Gasteiger partial charge in [0.1, 0.15) is 11.2 Å². The lowest BCUT2D eigenvalue weighted by Gasteiger charge is -2.31. The first-order valence-corrected chi connectivity index (χ1v) is 12.2. The second-order valence-corrected chi connectivity index (χ2v) is 10.5. The molecule has 2 heterocycles. The third kappa shape index (κ3) is 6.06. The van der Waals surface area contributed by atoms with E-state index in [0.29, 0.717) is 22.9 Å². The van der Waals surface area contributed by atoms with E-state index in [2.05, 4.69) is 41.5 Å². The first-order valence-electron chi connectivity index (χ1n) is 11.4. The summed E-state index contributed by atoms with van der Waals surface area (Å²) in [6, 6.07) is 5.10. The number of halogens is 4. The number of H-pyrrole nitrogens is 1. The Morgan fingerprint density at radius 2 is 1.94 bits per heavy atom. The number of amides is 1. The number of hydrogen-bond acceptors (Lipinski definition) is 5. The summed E-state index contributed by atoms with van der Waals surface area (Å²) in [5.41, 5.74) is -0.673. The maximum atomic E-state index is 13.8. The summed E-state index contributed by atoms with van der Waals surface area (Å²) in [6.45, 7) is 5.39. The number of carbonyl (C=O) groups excluding carboxylic acids is 1. The number of alkyl halides is 3. The molecule has 188 valence electrons. The lowest BCUT2D eigenvalue weighted by molar-refractivity contribution is -0.137. The first kappa shape index (κ1) is 25.3. The van der Waals surface area contributed by atoms with Crippen molar-refractivity contribution in [2.24, 2.45) is 0 Å². The van der Waals surface area contributed by atoms with Gasteiger partial charge in [0, 0.05) is 39.9 Å². The number of aromatic nitrogens is 3. The van der Waals surface area contributed by atoms with Crippen LogP contribution >= 0.6 is 15.9 Å². The minimum absolute atomic E-state index is 0.106. The third-order valence-electron chi connectivity index (χ3n) is 5.74. The fourth-order valence-electron chi connectivity index (χ4n) is 4.29. The van der Waals surface area contributed by atoms with Gasteiger partial charge in [0.25, 0.3) is 0 Å². The molecule has 0 saturated heterocycles. The van der Waals surface area contributed by atoms with E-state index in [-0.39, 0.29) is 23.7 Å². The SMILES string of the molecule is CC(C)(C)OC(=O)N[C@H]1CCC[C@H](Nc2ncc(C(F)(F)F)c(-c3c[nH]c4c(Br)cccc34)n2)C1. The van der Waals surface area contributed by atoms with Crippen molar-refractivity contribution in [3.8, 4) is 11.3 Å². The number of ether oxygens (including phenoxy) is 1. The van der Waals surface area contributed by atoms with Crippen LogP contribution in [-0.4, -0.2) is 38.7 Å². The molecule has 2 atom stereocenters. The van der Waals surface area contributed by atoms with Crippen molar-refractivity contribution in [3.63, 3.8) is 0 Å². The summed E-state index contributed by atoms with van der Waals surface area (Å²) < 4.78 is 47.6. The highest BCUT2D eigenvalue weighted by atomic mass is 79.9. The summed E-state index contributed by atoms with van der Waals surface area (Å²) in [7, 11) is 0. The Labute approximate surface area is 209 Å². The first-order chi connectivity index (χ1) is 16.4. The number of anilines is 1. The van der Waals surface area contributed by atoms with E-state index < -0.39 is 23.4 Å². The lowest BCUT2D eigenvalue weighted by atomic mass is 9.91. The van der Waals surface area contributed by atoms with Crippen LogP contribution in [0, 0.1) is 0 Å². The van der Waals surface area contributed by atoms with Crippen LogP contribution < -0.4 is 10.6 Å². The van der Waals surface area contributed by atoms with Gasteiger partial charge < -0.3 is 20.4 Å². The van der Waals surface area contributed by atoms with Crippen LogP contribution in [0.1, 0.15) is 52.0 Å². The number of rotatable bonds is 4. The molecule has 3 N–H and O–H groups in total. The summed E-state index contributed by atoms with van der Waals surface area (Å²) in [4.78, 5) is 23.4. The number of aromatic amines is 1. The van der Waals surface area contributed by atoms with Gasteiger partial charge in [0.15, 0.2) is 0 Å². The molecule has 7 nitrogen and oxygen atoms in total. The van der Waals surface area contributed by atoms with Gasteiger partial charge in [0.2, 0.25) is 5.95 Å². The molecule has 3 aromatic rings. The zero-order chi connectivity index (χ0) is 25.4. The minimum atomic E-state index is -4.61. The number of carbonyl (C=O) groups is 1. The molecule has 0 unspecified atom stereocenters. The smallest absolute Gasteiger partial charge is 0.419 e. The number of nitrogens with zero attached hydrogens (tertiary/aromatic N) is 2. The molecule has 1 aromatic carbocycles. The van der Waals surface area contributed by atoms with Crippen LogP contribution in [0.25, 0.3) is 22.2 Å². The Morgan fingerprint density at radius 1 is 1.20 bits per heavy atom. The molecule has 0 bridgehead atoms. The van der Waals surface area contributed by atoms with E-state index >= 15 is 0 Å². The van der Waals surface area contributed by atoms with E-state index in [1.165, 1.54) is 6.20 Å². The quantitative estimate of drug-likeness (QED) is 0.336. The van der Waals surface area contributed by atoms with Gasteiger partial charge >= 0.3 is 12.3 Å². The fourth-order valence-corrected chi connectivity index (χ4v) is 4.77. The van der Waals surface area contributed by atoms with Crippen molar-refractivity contribution in [2.45, 2.75) is 70.3 Å². The summed E-state index contributed by atoms with van der Waals surface area (Å²) >= 11 is 3.42. The van der Waals surface area contributed by atoms with E-state index in [1.54, 1.807) is 32.9 Å². The second kappa shape index (κ2) is 9.67. The monoisotopic (exact) mass is 553 g/mol. The van der Waals surface area contributed by atoms with E-state index in [0.717, 1.165) is 29.9 Å². The van der Waals surface area contributed by atoms with Crippen LogP contribution in [0.3, 0.4) is 0 Å². The van der Waals surface area contributed by atoms with Crippen molar-refractivity contribution in [3.05, 3.63) is 40.6 Å². The number of hydrogen-bond donors (Lipinski definition) is 3. The van der Waals surface area contributed by atoms with Crippen LogP contribution in [0.4, 0.5) is 23.9 Å². The molecule has 1 aliphatic rings. The van der Waals surface area contributed by atoms with Crippen molar-refractivity contribution in [1.29, 1.82) is 0 Å². The molecule has 1 amide bonds. The van der Waals surface area contributed by atoms with Crippen LogP contribution in [0.15, 0.2) is 35.1 Å². The molecule has 0 aliphatic heterocycles. The van der Waals surface area contributed by atoms with E-state index in [4.69, 9.17) is 4.74 Å². The Bertz CT molecular complexity index is 1220.